The van der Waals surface area contributed by atoms with Crippen molar-refractivity contribution in [3.63, 3.8) is 0 Å². The SMILES string of the molecule is Clc1nc(-c2cccc3ccccc23)c2ccoc2n1. The average Bonchev–Trinajstić information content (AvgIpc) is 2.94. The maximum atomic E-state index is 6.00. The summed E-state index contributed by atoms with van der Waals surface area (Å²) in [5, 5.41) is 3.35. The highest BCUT2D eigenvalue weighted by atomic mass is 35.5. The lowest BCUT2D eigenvalue weighted by atomic mass is 10.0. The molecule has 4 rings (SSSR count). The third kappa shape index (κ3) is 1.67. The van der Waals surface area contributed by atoms with Crippen molar-refractivity contribution in [1.82, 2.24) is 9.97 Å². The van der Waals surface area contributed by atoms with E-state index >= 15 is 0 Å². The fraction of sp³-hybridized carbons (Fsp3) is 0. The molecule has 0 atom stereocenters. The molecular weight excluding hydrogens is 272 g/mol. The van der Waals surface area contributed by atoms with Crippen LogP contribution in [0.3, 0.4) is 0 Å². The van der Waals surface area contributed by atoms with Crippen LogP contribution in [0.25, 0.3) is 33.1 Å². The molecule has 2 aromatic heterocycles. The van der Waals surface area contributed by atoms with Crippen molar-refractivity contribution in [3.05, 3.63) is 60.1 Å². The minimum absolute atomic E-state index is 0.190. The maximum absolute atomic E-state index is 6.00. The van der Waals surface area contributed by atoms with Crippen molar-refractivity contribution in [1.29, 1.82) is 0 Å². The van der Waals surface area contributed by atoms with E-state index in [4.69, 9.17) is 16.0 Å². The maximum Gasteiger partial charge on any atom is 0.230 e. The molecular formula is C16H9ClN2O. The molecule has 0 bridgehead atoms. The Morgan fingerprint density at radius 1 is 0.850 bits per heavy atom. The summed E-state index contributed by atoms with van der Waals surface area (Å²) in [6.45, 7) is 0. The molecule has 0 fully saturated rings. The Kier molecular flexibility index (Phi) is 2.47. The third-order valence-corrected chi connectivity index (χ3v) is 3.51. The third-order valence-electron chi connectivity index (χ3n) is 3.34. The highest BCUT2D eigenvalue weighted by Crippen LogP contribution is 2.32. The van der Waals surface area contributed by atoms with Crippen molar-refractivity contribution in [2.75, 3.05) is 0 Å². The van der Waals surface area contributed by atoms with Crippen molar-refractivity contribution < 1.29 is 4.42 Å². The molecule has 0 aliphatic heterocycles. The van der Waals surface area contributed by atoms with Gasteiger partial charge in [-0.25, -0.2) is 4.98 Å². The van der Waals surface area contributed by atoms with Gasteiger partial charge in [-0.15, -0.1) is 0 Å². The van der Waals surface area contributed by atoms with Gasteiger partial charge in [0.2, 0.25) is 11.0 Å². The van der Waals surface area contributed by atoms with Crippen LogP contribution in [0.2, 0.25) is 5.28 Å². The van der Waals surface area contributed by atoms with Crippen molar-refractivity contribution in [2.24, 2.45) is 0 Å². The number of benzene rings is 2. The molecule has 2 heterocycles. The molecule has 0 radical (unpaired) electrons. The van der Waals surface area contributed by atoms with Gasteiger partial charge in [0, 0.05) is 5.56 Å². The highest BCUT2D eigenvalue weighted by molar-refractivity contribution is 6.28. The largest absolute Gasteiger partial charge is 0.446 e. The number of furan rings is 1. The van der Waals surface area contributed by atoms with Gasteiger partial charge in [0.15, 0.2) is 0 Å². The first-order valence-electron chi connectivity index (χ1n) is 6.22. The number of hydrogen-bond donors (Lipinski definition) is 0. The Bertz CT molecular complexity index is 925. The summed E-state index contributed by atoms with van der Waals surface area (Å²) in [5.74, 6) is 0. The molecule has 3 nitrogen and oxygen atoms in total. The molecule has 0 N–H and O–H groups in total. The van der Waals surface area contributed by atoms with Gasteiger partial charge in [-0.1, -0.05) is 42.5 Å². The van der Waals surface area contributed by atoms with Crippen LogP contribution < -0.4 is 0 Å². The van der Waals surface area contributed by atoms with Gasteiger partial charge in [0.25, 0.3) is 0 Å². The predicted octanol–water partition coefficient (Wildman–Crippen LogP) is 4.70. The molecule has 4 heteroatoms. The lowest BCUT2D eigenvalue weighted by Gasteiger charge is -2.07. The minimum Gasteiger partial charge on any atom is -0.446 e. The Hall–Kier alpha value is -2.39. The van der Waals surface area contributed by atoms with E-state index in [0.29, 0.717) is 5.71 Å². The van der Waals surface area contributed by atoms with Crippen LogP contribution in [-0.2, 0) is 0 Å². The van der Waals surface area contributed by atoms with Crippen LogP contribution in [0.4, 0.5) is 0 Å². The molecule has 0 saturated carbocycles. The van der Waals surface area contributed by atoms with Crippen LogP contribution in [0.5, 0.6) is 0 Å². The number of halogens is 1. The van der Waals surface area contributed by atoms with Crippen molar-refractivity contribution in [3.8, 4) is 11.3 Å². The number of fused-ring (bicyclic) bond motifs is 2. The van der Waals surface area contributed by atoms with Crippen LogP contribution in [-0.4, -0.2) is 9.97 Å². The van der Waals surface area contributed by atoms with Gasteiger partial charge in [0.05, 0.1) is 17.3 Å². The molecule has 0 spiro atoms. The van der Waals surface area contributed by atoms with E-state index in [9.17, 15) is 0 Å². The van der Waals surface area contributed by atoms with Crippen LogP contribution >= 0.6 is 11.6 Å². The van der Waals surface area contributed by atoms with E-state index in [1.165, 1.54) is 0 Å². The topological polar surface area (TPSA) is 38.9 Å². The van der Waals surface area contributed by atoms with E-state index in [0.717, 1.165) is 27.4 Å². The minimum atomic E-state index is 0.190. The summed E-state index contributed by atoms with van der Waals surface area (Å²) < 4.78 is 5.34. The normalized spacial score (nSPS) is 11.2. The Labute approximate surface area is 119 Å². The van der Waals surface area contributed by atoms with Crippen LogP contribution in [0.1, 0.15) is 0 Å². The predicted molar refractivity (Wildman–Crippen MR) is 79.8 cm³/mol. The Morgan fingerprint density at radius 3 is 2.65 bits per heavy atom. The summed E-state index contributed by atoms with van der Waals surface area (Å²) in [4.78, 5) is 8.48. The number of nitrogens with zero attached hydrogens (tertiary/aromatic N) is 2. The van der Waals surface area contributed by atoms with Gasteiger partial charge in [-0.05, 0) is 28.4 Å². The molecule has 96 valence electrons. The molecule has 0 saturated heterocycles. The first-order valence-corrected chi connectivity index (χ1v) is 6.59. The first kappa shape index (κ1) is 11.4. The van der Waals surface area contributed by atoms with E-state index in [1.807, 2.05) is 30.3 Å². The second-order valence-electron chi connectivity index (χ2n) is 4.51. The second-order valence-corrected chi connectivity index (χ2v) is 4.85. The smallest absolute Gasteiger partial charge is 0.230 e. The zero-order valence-electron chi connectivity index (χ0n) is 10.4. The lowest BCUT2D eigenvalue weighted by molar-refractivity contribution is 0.602. The molecule has 0 unspecified atom stereocenters. The van der Waals surface area contributed by atoms with Gasteiger partial charge >= 0.3 is 0 Å². The monoisotopic (exact) mass is 280 g/mol. The molecule has 0 amide bonds. The van der Waals surface area contributed by atoms with Crippen LogP contribution in [0, 0.1) is 0 Å². The second kappa shape index (κ2) is 4.32. The van der Waals surface area contributed by atoms with Gasteiger partial charge in [-0.2, -0.15) is 4.98 Å². The van der Waals surface area contributed by atoms with Crippen molar-refractivity contribution >= 4 is 33.5 Å². The summed E-state index contributed by atoms with van der Waals surface area (Å²) in [6.07, 6.45) is 1.60. The number of aromatic nitrogens is 2. The zero-order chi connectivity index (χ0) is 13.5. The van der Waals surface area contributed by atoms with Gasteiger partial charge in [0.1, 0.15) is 0 Å². The van der Waals surface area contributed by atoms with E-state index in [-0.39, 0.29) is 5.28 Å². The average molecular weight is 281 g/mol. The summed E-state index contributed by atoms with van der Waals surface area (Å²) in [7, 11) is 0. The summed E-state index contributed by atoms with van der Waals surface area (Å²) in [5.41, 5.74) is 2.33. The van der Waals surface area contributed by atoms with Crippen molar-refractivity contribution in [2.45, 2.75) is 0 Å². The fourth-order valence-corrected chi connectivity index (χ4v) is 2.63. The van der Waals surface area contributed by atoms with Gasteiger partial charge < -0.3 is 4.42 Å². The van der Waals surface area contributed by atoms with E-state index in [2.05, 4.69) is 28.2 Å². The number of hydrogen-bond acceptors (Lipinski definition) is 3. The van der Waals surface area contributed by atoms with Gasteiger partial charge in [-0.3, -0.25) is 0 Å². The summed E-state index contributed by atoms with van der Waals surface area (Å²) >= 11 is 6.00. The Balaban J connectivity index is 2.14. The molecule has 0 aliphatic rings. The highest BCUT2D eigenvalue weighted by Gasteiger charge is 2.13. The number of rotatable bonds is 1. The quantitative estimate of drug-likeness (QED) is 0.475. The van der Waals surface area contributed by atoms with Crippen LogP contribution in [0.15, 0.2) is 59.2 Å². The fourth-order valence-electron chi connectivity index (χ4n) is 2.47. The molecule has 20 heavy (non-hydrogen) atoms. The van der Waals surface area contributed by atoms with E-state index in [1.54, 1.807) is 6.26 Å². The Morgan fingerprint density at radius 2 is 1.70 bits per heavy atom. The van der Waals surface area contributed by atoms with E-state index < -0.39 is 0 Å². The molecule has 4 aromatic rings. The summed E-state index contributed by atoms with van der Waals surface area (Å²) in [6, 6.07) is 16.2. The first-order chi connectivity index (χ1) is 9.83. The standard InChI is InChI=1S/C16H9ClN2O/c17-16-18-14(13-8-9-20-15(13)19-16)12-7-3-5-10-4-1-2-6-11(10)12/h1-9H. The molecule has 0 aliphatic carbocycles. The molecule has 2 aromatic carbocycles. The lowest BCUT2D eigenvalue weighted by Crippen LogP contribution is -1.90. The zero-order valence-corrected chi connectivity index (χ0v) is 11.1.